The molecule has 1 N–H and O–H groups in total. The van der Waals surface area contributed by atoms with Crippen LogP contribution in [0.1, 0.15) is 33.3 Å². The Hall–Kier alpha value is -1.07. The lowest BCUT2D eigenvalue weighted by molar-refractivity contribution is 0.00578. The molecule has 0 spiro atoms. The van der Waals surface area contributed by atoms with Crippen LogP contribution in [0.5, 0.6) is 5.75 Å². The largest absolute Gasteiger partial charge is 0.508 e. The third-order valence-electron chi connectivity index (χ3n) is 3.82. The summed E-state index contributed by atoms with van der Waals surface area (Å²) in [6, 6.07) is 2.66. The number of hydrogen-bond donors (Lipinski definition) is 1. The van der Waals surface area contributed by atoms with Gasteiger partial charge in [-0.1, -0.05) is 6.07 Å². The summed E-state index contributed by atoms with van der Waals surface area (Å²) in [4.78, 5) is 0. The average Bonchev–Trinajstić information content (AvgIpc) is 2.42. The number of hydrogen-bond acceptors (Lipinski definition) is 3. The molecular formula is C13H18BFO3. The van der Waals surface area contributed by atoms with E-state index in [1.807, 2.05) is 27.7 Å². The Morgan fingerprint density at radius 1 is 1.11 bits per heavy atom. The van der Waals surface area contributed by atoms with Crippen molar-refractivity contribution in [3.8, 4) is 5.75 Å². The fourth-order valence-corrected chi connectivity index (χ4v) is 1.84. The van der Waals surface area contributed by atoms with E-state index in [0.717, 1.165) is 6.07 Å². The summed E-state index contributed by atoms with van der Waals surface area (Å²) < 4.78 is 25.4. The van der Waals surface area contributed by atoms with Crippen LogP contribution in [0.3, 0.4) is 0 Å². The van der Waals surface area contributed by atoms with Gasteiger partial charge in [-0.2, -0.15) is 0 Å². The minimum Gasteiger partial charge on any atom is -0.508 e. The van der Waals surface area contributed by atoms with Gasteiger partial charge in [0.2, 0.25) is 0 Å². The summed E-state index contributed by atoms with van der Waals surface area (Å²) in [5, 5.41) is 9.45. The Morgan fingerprint density at radius 3 is 2.11 bits per heavy atom. The van der Waals surface area contributed by atoms with Crippen molar-refractivity contribution in [2.24, 2.45) is 0 Å². The standard InChI is InChI=1S/C13H18BFO3/c1-8-6-9(10(15)7-11(8)16)14-17-12(2,3)13(4,5)18-14/h6-7,16H,1-5H3. The predicted molar refractivity (Wildman–Crippen MR) is 68.5 cm³/mol. The third-order valence-corrected chi connectivity index (χ3v) is 3.82. The predicted octanol–water partition coefficient (Wildman–Crippen LogP) is 2.14. The molecule has 1 heterocycles. The molecule has 0 saturated carbocycles. The van der Waals surface area contributed by atoms with Crippen molar-refractivity contribution in [3.63, 3.8) is 0 Å². The number of halogens is 1. The molecule has 18 heavy (non-hydrogen) atoms. The Morgan fingerprint density at radius 2 is 1.61 bits per heavy atom. The molecule has 2 rings (SSSR count). The highest BCUT2D eigenvalue weighted by Gasteiger charge is 2.52. The highest BCUT2D eigenvalue weighted by Crippen LogP contribution is 2.36. The first-order valence-electron chi connectivity index (χ1n) is 5.99. The summed E-state index contributed by atoms with van der Waals surface area (Å²) in [6.45, 7) is 9.37. The van der Waals surface area contributed by atoms with Crippen LogP contribution in [0, 0.1) is 12.7 Å². The van der Waals surface area contributed by atoms with E-state index in [2.05, 4.69) is 0 Å². The van der Waals surface area contributed by atoms with E-state index >= 15 is 0 Å². The van der Waals surface area contributed by atoms with Crippen molar-refractivity contribution < 1.29 is 18.8 Å². The molecular weight excluding hydrogens is 234 g/mol. The van der Waals surface area contributed by atoms with Crippen molar-refractivity contribution in [1.29, 1.82) is 0 Å². The molecule has 0 aromatic heterocycles. The maximum absolute atomic E-state index is 13.9. The highest BCUT2D eigenvalue weighted by molar-refractivity contribution is 6.62. The zero-order chi connectivity index (χ0) is 13.7. The molecule has 1 aliphatic rings. The smallest absolute Gasteiger partial charge is 0.497 e. The summed E-state index contributed by atoms with van der Waals surface area (Å²) in [7, 11) is -0.741. The van der Waals surface area contributed by atoms with Gasteiger partial charge >= 0.3 is 7.12 Å². The molecule has 1 aromatic rings. The van der Waals surface area contributed by atoms with Crippen LogP contribution in [-0.2, 0) is 9.31 Å². The number of phenols is 1. The van der Waals surface area contributed by atoms with Crippen molar-refractivity contribution in [2.75, 3.05) is 0 Å². The first kappa shape index (κ1) is 13.4. The number of aryl methyl sites for hydroxylation is 1. The van der Waals surface area contributed by atoms with E-state index in [1.54, 1.807) is 13.0 Å². The van der Waals surface area contributed by atoms with Crippen LogP contribution < -0.4 is 5.46 Å². The Kier molecular flexibility index (Phi) is 2.95. The molecule has 0 amide bonds. The summed E-state index contributed by atoms with van der Waals surface area (Å²) in [5.41, 5.74) is -0.0868. The molecule has 1 aliphatic heterocycles. The van der Waals surface area contributed by atoms with E-state index in [9.17, 15) is 9.50 Å². The second-order valence-corrected chi connectivity index (χ2v) is 5.75. The lowest BCUT2D eigenvalue weighted by atomic mass is 9.78. The summed E-state index contributed by atoms with van der Waals surface area (Å²) in [5.74, 6) is -0.579. The quantitative estimate of drug-likeness (QED) is 0.778. The van der Waals surface area contributed by atoms with Crippen LogP contribution in [0.4, 0.5) is 4.39 Å². The first-order valence-corrected chi connectivity index (χ1v) is 5.99. The number of phenolic OH excluding ortho intramolecular Hbond substituents is 1. The molecule has 98 valence electrons. The van der Waals surface area contributed by atoms with Crippen molar-refractivity contribution in [1.82, 2.24) is 0 Å². The summed E-state index contributed by atoms with van der Waals surface area (Å²) >= 11 is 0. The van der Waals surface area contributed by atoms with E-state index in [-0.39, 0.29) is 5.75 Å². The van der Waals surface area contributed by atoms with Gasteiger partial charge in [0.15, 0.2) is 0 Å². The minimum absolute atomic E-state index is 0.0623. The maximum Gasteiger partial charge on any atom is 0.497 e. The zero-order valence-corrected chi connectivity index (χ0v) is 11.4. The van der Waals surface area contributed by atoms with Gasteiger partial charge in [-0.25, -0.2) is 4.39 Å². The molecule has 1 aromatic carbocycles. The maximum atomic E-state index is 13.9. The topological polar surface area (TPSA) is 38.7 Å². The Bertz CT molecular complexity index is 469. The number of aromatic hydroxyl groups is 1. The fourth-order valence-electron chi connectivity index (χ4n) is 1.84. The molecule has 0 bridgehead atoms. The number of rotatable bonds is 1. The molecule has 5 heteroatoms. The SMILES string of the molecule is Cc1cc(B2OC(C)(C)C(C)(C)O2)c(F)cc1O. The Labute approximate surface area is 107 Å². The van der Waals surface area contributed by atoms with Gasteiger partial charge < -0.3 is 14.4 Å². The fraction of sp³-hybridized carbons (Fsp3) is 0.538. The minimum atomic E-state index is -0.741. The van der Waals surface area contributed by atoms with Crippen LogP contribution in [0.25, 0.3) is 0 Å². The lowest BCUT2D eigenvalue weighted by Crippen LogP contribution is -2.41. The number of benzene rings is 1. The van der Waals surface area contributed by atoms with E-state index in [4.69, 9.17) is 9.31 Å². The zero-order valence-electron chi connectivity index (χ0n) is 11.4. The molecule has 1 saturated heterocycles. The monoisotopic (exact) mass is 252 g/mol. The second kappa shape index (κ2) is 3.97. The van der Waals surface area contributed by atoms with Gasteiger partial charge in [0, 0.05) is 11.5 Å². The van der Waals surface area contributed by atoms with Gasteiger partial charge in [-0.05, 0) is 40.2 Å². The average molecular weight is 252 g/mol. The van der Waals surface area contributed by atoms with Gasteiger partial charge in [-0.3, -0.25) is 0 Å². The molecule has 0 aliphatic carbocycles. The van der Waals surface area contributed by atoms with E-state index in [1.165, 1.54) is 0 Å². The molecule has 0 unspecified atom stereocenters. The second-order valence-electron chi connectivity index (χ2n) is 5.75. The van der Waals surface area contributed by atoms with E-state index in [0.29, 0.717) is 11.0 Å². The summed E-state index contributed by atoms with van der Waals surface area (Å²) in [6.07, 6.45) is 0. The lowest BCUT2D eigenvalue weighted by Gasteiger charge is -2.32. The normalized spacial score (nSPS) is 21.3. The van der Waals surface area contributed by atoms with E-state index < -0.39 is 24.1 Å². The molecule has 0 atom stereocenters. The van der Waals surface area contributed by atoms with Gasteiger partial charge in [-0.15, -0.1) is 0 Å². The molecule has 1 fully saturated rings. The Balaban J connectivity index is 2.38. The van der Waals surface area contributed by atoms with Crippen LogP contribution in [0.15, 0.2) is 12.1 Å². The van der Waals surface area contributed by atoms with Crippen LogP contribution in [-0.4, -0.2) is 23.4 Å². The van der Waals surface area contributed by atoms with Crippen LogP contribution in [0.2, 0.25) is 0 Å². The van der Waals surface area contributed by atoms with Gasteiger partial charge in [0.25, 0.3) is 0 Å². The van der Waals surface area contributed by atoms with Crippen molar-refractivity contribution in [2.45, 2.75) is 45.8 Å². The first-order chi connectivity index (χ1) is 8.14. The van der Waals surface area contributed by atoms with Gasteiger partial charge in [0.1, 0.15) is 11.6 Å². The highest BCUT2D eigenvalue weighted by atomic mass is 19.1. The van der Waals surface area contributed by atoms with Crippen LogP contribution >= 0.6 is 0 Å². The van der Waals surface area contributed by atoms with Gasteiger partial charge in [0.05, 0.1) is 11.2 Å². The third kappa shape index (κ3) is 2.02. The van der Waals surface area contributed by atoms with Crippen molar-refractivity contribution >= 4 is 12.6 Å². The molecule has 0 radical (unpaired) electrons. The van der Waals surface area contributed by atoms with Crippen molar-refractivity contribution in [3.05, 3.63) is 23.5 Å². The molecule has 3 nitrogen and oxygen atoms in total.